The number of hydrogen-bond acceptors (Lipinski definition) is 5. The van der Waals surface area contributed by atoms with Crippen molar-refractivity contribution >= 4 is 27.5 Å². The number of carbonyl (C=O) groups is 1. The van der Waals surface area contributed by atoms with E-state index >= 15 is 0 Å². The summed E-state index contributed by atoms with van der Waals surface area (Å²) in [5.74, 6) is -0.503. The van der Waals surface area contributed by atoms with Gasteiger partial charge in [0, 0.05) is 5.56 Å². The Hall–Kier alpha value is -3.26. The highest BCUT2D eigenvalue weighted by Gasteiger charge is 2.14. The van der Waals surface area contributed by atoms with Crippen LogP contribution in [0, 0.1) is 5.82 Å². The molecule has 0 spiro atoms. The Balaban J connectivity index is 1.59. The number of rotatable bonds is 3. The van der Waals surface area contributed by atoms with E-state index in [1.807, 2.05) is 0 Å². The zero-order chi connectivity index (χ0) is 17.4. The van der Waals surface area contributed by atoms with Crippen LogP contribution in [0.3, 0.4) is 0 Å². The molecule has 4 rings (SSSR count). The van der Waals surface area contributed by atoms with E-state index in [1.54, 1.807) is 29.6 Å². The molecule has 1 aromatic carbocycles. The molecule has 1 N–H and O–H groups in total. The quantitative estimate of drug-likeness (QED) is 0.612. The second kappa shape index (κ2) is 5.99. The number of halogens is 1. The monoisotopic (exact) mass is 355 g/mol. The van der Waals surface area contributed by atoms with Gasteiger partial charge in [-0.25, -0.2) is 14.1 Å². The van der Waals surface area contributed by atoms with Crippen LogP contribution < -0.4 is 11.0 Å². The number of amides is 1. The summed E-state index contributed by atoms with van der Waals surface area (Å²) in [5, 5.41) is 2.19. The molecular formula is C17H10FN3O3S. The maximum atomic E-state index is 13.0. The third kappa shape index (κ3) is 2.83. The third-order valence-electron chi connectivity index (χ3n) is 3.56. The Bertz CT molecular complexity index is 1130. The molecule has 1 amide bonds. The molecule has 0 saturated heterocycles. The molecule has 0 bridgehead atoms. The minimum Gasteiger partial charge on any atom is -0.451 e. The largest absolute Gasteiger partial charge is 0.451 e. The van der Waals surface area contributed by atoms with Crippen molar-refractivity contribution < 1.29 is 13.6 Å². The molecule has 0 aliphatic rings. The summed E-state index contributed by atoms with van der Waals surface area (Å²) in [7, 11) is 0. The van der Waals surface area contributed by atoms with Gasteiger partial charge in [-0.1, -0.05) is 0 Å². The van der Waals surface area contributed by atoms with Gasteiger partial charge < -0.3 is 4.42 Å². The first-order valence-electron chi connectivity index (χ1n) is 7.24. The van der Waals surface area contributed by atoms with Crippen molar-refractivity contribution in [2.24, 2.45) is 0 Å². The van der Waals surface area contributed by atoms with Crippen LogP contribution in [0.25, 0.3) is 21.5 Å². The highest BCUT2D eigenvalue weighted by atomic mass is 32.1. The van der Waals surface area contributed by atoms with Crippen molar-refractivity contribution in [3.05, 3.63) is 76.1 Å². The van der Waals surface area contributed by atoms with E-state index in [1.165, 1.54) is 35.9 Å². The molecule has 0 atom stereocenters. The van der Waals surface area contributed by atoms with Crippen LogP contribution in [-0.2, 0) is 0 Å². The summed E-state index contributed by atoms with van der Waals surface area (Å²) in [5.41, 5.74) is 2.70. The topological polar surface area (TPSA) is 77.1 Å². The number of hydrogen-bond donors (Lipinski definition) is 1. The lowest BCUT2D eigenvalue weighted by Gasteiger charge is -2.05. The smallest absolute Gasteiger partial charge is 0.305 e. The van der Waals surface area contributed by atoms with Crippen molar-refractivity contribution in [2.75, 3.05) is 5.43 Å². The SMILES string of the molecule is O=C(Nn1cnc2sccc2c1=O)c1ccc(-c2ccc(F)cc2)o1. The van der Waals surface area contributed by atoms with Gasteiger partial charge in [-0.2, -0.15) is 0 Å². The summed E-state index contributed by atoms with van der Waals surface area (Å²) in [6.07, 6.45) is 1.25. The Kier molecular flexibility index (Phi) is 3.66. The first-order valence-corrected chi connectivity index (χ1v) is 8.12. The van der Waals surface area contributed by atoms with Gasteiger partial charge in [-0.15, -0.1) is 11.3 Å². The van der Waals surface area contributed by atoms with Gasteiger partial charge in [0.05, 0.1) is 5.39 Å². The maximum absolute atomic E-state index is 13.0. The number of furan rings is 1. The highest BCUT2D eigenvalue weighted by Crippen LogP contribution is 2.22. The standard InChI is InChI=1S/C17H10FN3O3S/c18-11-3-1-10(2-4-11)13-5-6-14(24-13)15(22)20-21-9-19-16-12(17(21)23)7-8-25-16/h1-9H,(H,20,22). The Morgan fingerprint density at radius 1 is 1.16 bits per heavy atom. The number of nitrogens with one attached hydrogen (secondary N) is 1. The van der Waals surface area contributed by atoms with Gasteiger partial charge in [-0.3, -0.25) is 15.0 Å². The van der Waals surface area contributed by atoms with E-state index in [4.69, 9.17) is 4.42 Å². The molecule has 3 heterocycles. The third-order valence-corrected chi connectivity index (χ3v) is 4.39. The minimum atomic E-state index is -0.591. The predicted molar refractivity (Wildman–Crippen MR) is 91.7 cm³/mol. The molecule has 0 unspecified atom stereocenters. The zero-order valence-electron chi connectivity index (χ0n) is 12.6. The van der Waals surface area contributed by atoms with Crippen molar-refractivity contribution in [3.8, 4) is 11.3 Å². The summed E-state index contributed by atoms with van der Waals surface area (Å²) in [6.45, 7) is 0. The van der Waals surface area contributed by atoms with E-state index in [0.29, 0.717) is 21.5 Å². The predicted octanol–water partition coefficient (Wildman–Crippen LogP) is 3.24. The molecule has 124 valence electrons. The Morgan fingerprint density at radius 3 is 2.76 bits per heavy atom. The molecule has 0 aliphatic carbocycles. The number of benzene rings is 1. The minimum absolute atomic E-state index is 0.0247. The molecule has 0 saturated carbocycles. The highest BCUT2D eigenvalue weighted by molar-refractivity contribution is 7.16. The normalized spacial score (nSPS) is 10.9. The molecule has 8 heteroatoms. The van der Waals surface area contributed by atoms with Gasteiger partial charge in [0.25, 0.3) is 5.56 Å². The van der Waals surface area contributed by atoms with Gasteiger partial charge >= 0.3 is 5.91 Å². The molecule has 0 aliphatic heterocycles. The van der Waals surface area contributed by atoms with Crippen molar-refractivity contribution in [2.45, 2.75) is 0 Å². The van der Waals surface area contributed by atoms with Crippen LogP contribution in [0.4, 0.5) is 4.39 Å². The van der Waals surface area contributed by atoms with Crippen LogP contribution in [0.1, 0.15) is 10.6 Å². The molecule has 6 nitrogen and oxygen atoms in total. The molecule has 0 fully saturated rings. The lowest BCUT2D eigenvalue weighted by atomic mass is 10.2. The lowest BCUT2D eigenvalue weighted by molar-refractivity contribution is 0.0981. The average molecular weight is 355 g/mol. The number of nitrogens with zero attached hydrogens (tertiary/aromatic N) is 2. The summed E-state index contributed by atoms with van der Waals surface area (Å²) in [6, 6.07) is 10.4. The molecule has 4 aromatic rings. The van der Waals surface area contributed by atoms with Crippen LogP contribution >= 0.6 is 11.3 Å². The van der Waals surface area contributed by atoms with Crippen LogP contribution in [0.15, 0.2) is 63.4 Å². The fraction of sp³-hybridized carbons (Fsp3) is 0. The van der Waals surface area contributed by atoms with Gasteiger partial charge in [0.2, 0.25) is 0 Å². The lowest BCUT2D eigenvalue weighted by Crippen LogP contribution is -2.32. The van der Waals surface area contributed by atoms with E-state index in [9.17, 15) is 14.0 Å². The molecule has 3 aromatic heterocycles. The summed E-state index contributed by atoms with van der Waals surface area (Å²) < 4.78 is 19.5. The Morgan fingerprint density at radius 2 is 1.96 bits per heavy atom. The van der Waals surface area contributed by atoms with Gasteiger partial charge in [0.1, 0.15) is 22.7 Å². The Labute approximate surface area is 144 Å². The second-order valence-corrected chi connectivity index (χ2v) is 6.07. The molecule has 25 heavy (non-hydrogen) atoms. The molecule has 0 radical (unpaired) electrons. The first-order chi connectivity index (χ1) is 12.1. The van der Waals surface area contributed by atoms with E-state index < -0.39 is 5.91 Å². The second-order valence-electron chi connectivity index (χ2n) is 5.17. The van der Waals surface area contributed by atoms with Crippen LogP contribution in [0.2, 0.25) is 0 Å². The van der Waals surface area contributed by atoms with E-state index in [-0.39, 0.29) is 17.1 Å². The fourth-order valence-corrected chi connectivity index (χ4v) is 3.05. The number of fused-ring (bicyclic) bond motifs is 1. The fourth-order valence-electron chi connectivity index (χ4n) is 2.33. The van der Waals surface area contributed by atoms with Gasteiger partial charge in [-0.05, 0) is 47.8 Å². The molecular weight excluding hydrogens is 345 g/mol. The van der Waals surface area contributed by atoms with Crippen LogP contribution in [-0.4, -0.2) is 15.6 Å². The number of thiophene rings is 1. The van der Waals surface area contributed by atoms with E-state index in [2.05, 4.69) is 10.4 Å². The number of carbonyl (C=O) groups excluding carboxylic acids is 1. The van der Waals surface area contributed by atoms with Gasteiger partial charge in [0.15, 0.2) is 5.76 Å². The zero-order valence-corrected chi connectivity index (χ0v) is 13.4. The summed E-state index contributed by atoms with van der Waals surface area (Å²) >= 11 is 1.35. The average Bonchev–Trinajstić information content (AvgIpc) is 3.27. The van der Waals surface area contributed by atoms with Crippen molar-refractivity contribution in [1.82, 2.24) is 9.66 Å². The van der Waals surface area contributed by atoms with E-state index in [0.717, 1.165) is 4.68 Å². The van der Waals surface area contributed by atoms with Crippen molar-refractivity contribution in [3.63, 3.8) is 0 Å². The number of aromatic nitrogens is 2. The van der Waals surface area contributed by atoms with Crippen LogP contribution in [0.5, 0.6) is 0 Å². The van der Waals surface area contributed by atoms with Crippen molar-refractivity contribution in [1.29, 1.82) is 0 Å². The summed E-state index contributed by atoms with van der Waals surface area (Å²) in [4.78, 5) is 29.3. The maximum Gasteiger partial charge on any atom is 0.305 e. The first kappa shape index (κ1) is 15.3.